The molecule has 3 aromatic rings. The molecule has 3 rings (SSSR count). The van der Waals surface area contributed by atoms with E-state index in [1.807, 2.05) is 6.92 Å². The molecular weight excluding hydrogens is 412 g/mol. The Morgan fingerprint density at radius 1 is 1.07 bits per heavy atom. The zero-order valence-electron chi connectivity index (χ0n) is 16.4. The molecule has 0 saturated carbocycles. The number of amides is 1. The standard InChI is InChI=1S/C22H19F2NO4S/c1-14-7-8-15(22(27)29-12-11-28-2)13-16(14)19-9-10-20(30-19)21(26)25(24)18-6-4-3-5-17(18)23/h3-10,13H,11-12H2,1-2H3. The maximum Gasteiger partial charge on any atom is 0.338 e. The summed E-state index contributed by atoms with van der Waals surface area (Å²) in [5.41, 5.74) is 1.49. The highest BCUT2D eigenvalue weighted by atomic mass is 32.1. The van der Waals surface area contributed by atoms with E-state index in [-0.39, 0.29) is 16.6 Å². The number of benzene rings is 2. The molecule has 30 heavy (non-hydrogen) atoms. The van der Waals surface area contributed by atoms with Crippen molar-refractivity contribution in [2.75, 3.05) is 25.4 Å². The number of hydrogen-bond acceptors (Lipinski definition) is 5. The van der Waals surface area contributed by atoms with Crippen LogP contribution in [0.3, 0.4) is 0 Å². The van der Waals surface area contributed by atoms with Gasteiger partial charge in [0.2, 0.25) is 0 Å². The molecule has 0 aliphatic rings. The number of hydrogen-bond donors (Lipinski definition) is 0. The van der Waals surface area contributed by atoms with E-state index < -0.39 is 23.4 Å². The molecule has 0 fully saturated rings. The Balaban J connectivity index is 1.83. The van der Waals surface area contributed by atoms with Gasteiger partial charge in [0.1, 0.15) is 18.1 Å². The quantitative estimate of drug-likeness (QED) is 0.293. The van der Waals surface area contributed by atoms with E-state index in [9.17, 15) is 18.5 Å². The van der Waals surface area contributed by atoms with E-state index in [0.29, 0.717) is 17.0 Å². The molecule has 1 aromatic heterocycles. The van der Waals surface area contributed by atoms with E-state index in [1.165, 1.54) is 31.4 Å². The number of rotatable bonds is 7. The number of methoxy groups -OCH3 is 1. The van der Waals surface area contributed by atoms with Crippen LogP contribution >= 0.6 is 11.3 Å². The molecule has 1 heterocycles. The Morgan fingerprint density at radius 3 is 2.57 bits per heavy atom. The van der Waals surface area contributed by atoms with E-state index in [0.717, 1.165) is 28.5 Å². The molecule has 0 aliphatic carbocycles. The molecule has 0 N–H and O–H groups in total. The third kappa shape index (κ3) is 4.72. The van der Waals surface area contributed by atoms with Crippen molar-refractivity contribution in [1.82, 2.24) is 0 Å². The Morgan fingerprint density at radius 2 is 1.83 bits per heavy atom. The number of esters is 1. The van der Waals surface area contributed by atoms with Crippen LogP contribution in [0.5, 0.6) is 0 Å². The number of carbonyl (C=O) groups is 2. The van der Waals surface area contributed by atoms with E-state index in [2.05, 4.69) is 0 Å². The summed E-state index contributed by atoms with van der Waals surface area (Å²) in [6, 6.07) is 13.3. The lowest BCUT2D eigenvalue weighted by atomic mass is 10.0. The first-order valence-corrected chi connectivity index (χ1v) is 9.85. The minimum atomic E-state index is -0.968. The highest BCUT2D eigenvalue weighted by Crippen LogP contribution is 2.33. The molecule has 0 unspecified atom stereocenters. The van der Waals surface area contributed by atoms with Crippen molar-refractivity contribution >= 4 is 28.9 Å². The number of halogens is 2. The van der Waals surface area contributed by atoms with Gasteiger partial charge in [-0.3, -0.25) is 4.79 Å². The molecule has 0 bridgehead atoms. The van der Waals surface area contributed by atoms with Crippen molar-refractivity contribution < 1.29 is 27.9 Å². The Bertz CT molecular complexity index is 1070. The SMILES string of the molecule is COCCOC(=O)c1ccc(C)c(-c2ccc(C(=O)N(F)c3ccccc3F)s2)c1. The summed E-state index contributed by atoms with van der Waals surface area (Å²) in [6.45, 7) is 2.29. The smallest absolute Gasteiger partial charge is 0.338 e. The summed E-state index contributed by atoms with van der Waals surface area (Å²) in [5, 5.41) is -0.207. The van der Waals surface area contributed by atoms with Crippen molar-refractivity contribution in [2.45, 2.75) is 6.92 Å². The molecule has 0 atom stereocenters. The van der Waals surface area contributed by atoms with Crippen molar-refractivity contribution in [3.8, 4) is 10.4 Å². The number of thiophene rings is 1. The van der Waals surface area contributed by atoms with Gasteiger partial charge in [-0.15, -0.1) is 16.5 Å². The van der Waals surface area contributed by atoms with Crippen molar-refractivity contribution in [2.24, 2.45) is 0 Å². The fourth-order valence-electron chi connectivity index (χ4n) is 2.73. The first-order valence-electron chi connectivity index (χ1n) is 9.04. The van der Waals surface area contributed by atoms with Gasteiger partial charge in [-0.05, 0) is 54.4 Å². The summed E-state index contributed by atoms with van der Waals surface area (Å²) in [6.07, 6.45) is 0. The molecule has 0 aliphatic heterocycles. The van der Waals surface area contributed by atoms with Gasteiger partial charge < -0.3 is 9.47 Å². The summed E-state index contributed by atoms with van der Waals surface area (Å²) in [5.74, 6) is -2.29. The first-order chi connectivity index (χ1) is 14.4. The summed E-state index contributed by atoms with van der Waals surface area (Å²) in [7, 11) is 1.51. The molecule has 0 saturated heterocycles. The van der Waals surface area contributed by atoms with Gasteiger partial charge in [0.05, 0.1) is 17.0 Å². The molecule has 0 radical (unpaired) electrons. The third-order valence-electron chi connectivity index (χ3n) is 4.32. The first kappa shape index (κ1) is 21.6. The average molecular weight is 431 g/mol. The molecule has 156 valence electrons. The number of ether oxygens (including phenoxy) is 2. The average Bonchev–Trinajstić information content (AvgIpc) is 3.23. The van der Waals surface area contributed by atoms with Gasteiger partial charge in [-0.1, -0.05) is 22.7 Å². The van der Waals surface area contributed by atoms with Gasteiger partial charge >= 0.3 is 5.97 Å². The highest BCUT2D eigenvalue weighted by molar-refractivity contribution is 7.17. The number of nitrogens with zero attached hydrogens (tertiary/aromatic N) is 1. The second-order valence-electron chi connectivity index (χ2n) is 6.36. The number of para-hydroxylation sites is 1. The van der Waals surface area contributed by atoms with Crippen molar-refractivity contribution in [1.29, 1.82) is 0 Å². The largest absolute Gasteiger partial charge is 0.460 e. The van der Waals surface area contributed by atoms with Crippen LogP contribution in [0.2, 0.25) is 0 Å². The minimum Gasteiger partial charge on any atom is -0.460 e. The maximum atomic E-state index is 14.5. The monoisotopic (exact) mass is 431 g/mol. The van der Waals surface area contributed by atoms with Crippen molar-refractivity contribution in [3.05, 3.63) is 76.4 Å². The second kappa shape index (κ2) is 9.60. The molecular formula is C22H19F2NO4S. The summed E-state index contributed by atoms with van der Waals surface area (Å²) in [4.78, 5) is 25.4. The summed E-state index contributed by atoms with van der Waals surface area (Å²) >= 11 is 1.05. The van der Waals surface area contributed by atoms with E-state index in [1.54, 1.807) is 24.3 Å². The lowest BCUT2D eigenvalue weighted by Gasteiger charge is -2.11. The minimum absolute atomic E-state index is 0.100. The fourth-order valence-corrected chi connectivity index (χ4v) is 3.74. The summed E-state index contributed by atoms with van der Waals surface area (Å²) < 4.78 is 38.2. The normalized spacial score (nSPS) is 10.7. The van der Waals surface area contributed by atoms with Gasteiger partial charge in [0.15, 0.2) is 0 Å². The van der Waals surface area contributed by atoms with Crippen LogP contribution in [0, 0.1) is 12.7 Å². The van der Waals surface area contributed by atoms with Crippen LogP contribution in [0.1, 0.15) is 25.6 Å². The fraction of sp³-hybridized carbons (Fsp3) is 0.182. The van der Waals surface area contributed by atoms with Gasteiger partial charge in [-0.2, -0.15) is 0 Å². The zero-order chi connectivity index (χ0) is 21.7. The number of aryl methyl sites for hydroxylation is 1. The molecule has 2 aromatic carbocycles. The van der Waals surface area contributed by atoms with E-state index in [4.69, 9.17) is 9.47 Å². The molecule has 1 amide bonds. The number of anilines is 1. The lowest BCUT2D eigenvalue weighted by molar-refractivity contribution is 0.0388. The maximum absolute atomic E-state index is 14.5. The zero-order valence-corrected chi connectivity index (χ0v) is 17.2. The molecule has 5 nitrogen and oxygen atoms in total. The van der Waals surface area contributed by atoms with Crippen molar-refractivity contribution in [3.63, 3.8) is 0 Å². The van der Waals surface area contributed by atoms with Crippen LogP contribution in [-0.2, 0) is 9.47 Å². The topological polar surface area (TPSA) is 55.8 Å². The predicted molar refractivity (Wildman–Crippen MR) is 111 cm³/mol. The molecule has 0 spiro atoms. The van der Waals surface area contributed by atoms with Crippen LogP contribution < -0.4 is 5.12 Å². The second-order valence-corrected chi connectivity index (χ2v) is 7.44. The number of carbonyl (C=O) groups excluding carboxylic acids is 2. The van der Waals surface area contributed by atoms with Crippen LogP contribution in [0.4, 0.5) is 14.6 Å². The van der Waals surface area contributed by atoms with Gasteiger partial charge in [0, 0.05) is 12.0 Å². The highest BCUT2D eigenvalue weighted by Gasteiger charge is 2.23. The molecule has 8 heteroatoms. The third-order valence-corrected chi connectivity index (χ3v) is 5.42. The Hall–Kier alpha value is -3.10. The Kier molecular flexibility index (Phi) is 6.91. The lowest BCUT2D eigenvalue weighted by Crippen LogP contribution is -2.21. The Labute approximate surface area is 176 Å². The van der Waals surface area contributed by atoms with Crippen LogP contribution in [-0.4, -0.2) is 32.2 Å². The van der Waals surface area contributed by atoms with Gasteiger partial charge in [-0.25, -0.2) is 9.18 Å². The van der Waals surface area contributed by atoms with Gasteiger partial charge in [0.25, 0.3) is 5.91 Å². The van der Waals surface area contributed by atoms with Crippen LogP contribution in [0.25, 0.3) is 10.4 Å². The predicted octanol–water partition coefficient (Wildman–Crippen LogP) is 5.20. The van der Waals surface area contributed by atoms with Crippen LogP contribution in [0.15, 0.2) is 54.6 Å². The van der Waals surface area contributed by atoms with E-state index >= 15 is 0 Å².